The molecular weight excluding hydrogens is 436 g/mol. The minimum atomic E-state index is -0.449. The minimum absolute atomic E-state index is 0.144. The molecule has 0 saturated heterocycles. The van der Waals surface area contributed by atoms with Crippen LogP contribution in [0.2, 0.25) is 0 Å². The molecule has 0 bridgehead atoms. The summed E-state index contributed by atoms with van der Waals surface area (Å²) in [6, 6.07) is 7.94. The average Bonchev–Trinajstić information content (AvgIpc) is 3.41. The number of aryl methyl sites for hydroxylation is 1. The fourth-order valence-electron chi connectivity index (χ4n) is 3.99. The van der Waals surface area contributed by atoms with Gasteiger partial charge in [-0.1, -0.05) is 38.1 Å². The topological polar surface area (TPSA) is 110 Å². The molecule has 0 aliphatic carbocycles. The fraction of sp³-hybridized carbons (Fsp3) is 0.250. The molecule has 0 atom stereocenters. The Hall–Kier alpha value is -3.72. The van der Waals surface area contributed by atoms with Crippen LogP contribution < -0.4 is 16.0 Å². The van der Waals surface area contributed by atoms with Gasteiger partial charge in [0.15, 0.2) is 5.82 Å². The largest absolute Gasteiger partial charge is 0.366 e. The van der Waals surface area contributed by atoms with Crippen LogP contribution >= 0.6 is 11.3 Å². The van der Waals surface area contributed by atoms with Crippen LogP contribution in [0.1, 0.15) is 47.3 Å². The third-order valence-corrected chi connectivity index (χ3v) is 6.55. The number of benzene rings is 1. The van der Waals surface area contributed by atoms with Crippen LogP contribution in [0, 0.1) is 6.92 Å². The predicted molar refractivity (Wildman–Crippen MR) is 132 cm³/mol. The van der Waals surface area contributed by atoms with E-state index in [4.69, 9.17) is 10.3 Å². The number of thiophene rings is 1. The van der Waals surface area contributed by atoms with E-state index in [1.54, 1.807) is 17.8 Å². The Kier molecular flexibility index (Phi) is 4.93. The maximum atomic E-state index is 12.1. The van der Waals surface area contributed by atoms with Crippen molar-refractivity contribution in [2.75, 3.05) is 16.9 Å². The normalized spacial score (nSPS) is 13.4. The van der Waals surface area contributed by atoms with Gasteiger partial charge in [0.1, 0.15) is 18.2 Å². The van der Waals surface area contributed by atoms with Crippen LogP contribution in [0.25, 0.3) is 10.8 Å². The number of nitrogens with one attached hydrogen (secondary N) is 1. The van der Waals surface area contributed by atoms with E-state index in [9.17, 15) is 4.79 Å². The van der Waals surface area contributed by atoms with Crippen LogP contribution in [0.3, 0.4) is 0 Å². The third kappa shape index (κ3) is 3.64. The molecule has 0 saturated carbocycles. The monoisotopic (exact) mass is 460 g/mol. The number of hydrogen-bond acceptors (Lipinski definition) is 8. The van der Waals surface area contributed by atoms with Gasteiger partial charge in [0.2, 0.25) is 0 Å². The van der Waals surface area contributed by atoms with E-state index in [1.165, 1.54) is 11.3 Å². The number of amides is 1. The summed E-state index contributed by atoms with van der Waals surface area (Å²) < 4.78 is 5.51. The van der Waals surface area contributed by atoms with Crippen LogP contribution in [0.4, 0.5) is 23.0 Å². The lowest BCUT2D eigenvalue weighted by Crippen LogP contribution is -2.25. The summed E-state index contributed by atoms with van der Waals surface area (Å²) in [5.74, 6) is 1.61. The molecule has 1 aliphatic heterocycles. The molecule has 4 aromatic rings. The second kappa shape index (κ2) is 7.70. The van der Waals surface area contributed by atoms with Gasteiger partial charge in [-0.2, -0.15) is 0 Å². The van der Waals surface area contributed by atoms with Gasteiger partial charge in [0.05, 0.1) is 21.8 Å². The number of hydrogen-bond donors (Lipinski definition) is 2. The third-order valence-electron chi connectivity index (χ3n) is 5.64. The molecule has 5 rings (SSSR count). The zero-order valence-electron chi connectivity index (χ0n) is 18.8. The first-order chi connectivity index (χ1) is 15.7. The van der Waals surface area contributed by atoms with Gasteiger partial charge in [0.25, 0.3) is 5.91 Å². The number of rotatable bonds is 4. The van der Waals surface area contributed by atoms with E-state index in [0.717, 1.165) is 38.3 Å². The Bertz CT molecular complexity index is 1410. The maximum Gasteiger partial charge on any atom is 0.251 e. The molecule has 1 amide bonds. The lowest BCUT2D eigenvalue weighted by molar-refractivity contribution is 0.100. The zero-order valence-corrected chi connectivity index (χ0v) is 19.7. The smallest absolute Gasteiger partial charge is 0.251 e. The summed E-state index contributed by atoms with van der Waals surface area (Å²) in [6.07, 6.45) is 3.56. The highest BCUT2D eigenvalue weighted by Gasteiger charge is 2.27. The summed E-state index contributed by atoms with van der Waals surface area (Å²) in [6.45, 7) is 8.66. The number of carbonyl (C=O) groups excluding carboxylic acids is 1. The lowest BCUT2D eigenvalue weighted by Gasteiger charge is -2.29. The first-order valence-electron chi connectivity index (χ1n) is 10.5. The summed E-state index contributed by atoms with van der Waals surface area (Å²) in [5, 5.41) is 11.2. The van der Waals surface area contributed by atoms with E-state index in [-0.39, 0.29) is 5.41 Å². The number of nitrogens with two attached hydrogens (primary N) is 1. The van der Waals surface area contributed by atoms with Crippen LogP contribution in [-0.4, -0.2) is 28.9 Å². The second-order valence-corrected chi connectivity index (χ2v) is 9.96. The predicted octanol–water partition coefficient (Wildman–Crippen LogP) is 5.26. The zero-order chi connectivity index (χ0) is 23.3. The highest BCUT2D eigenvalue weighted by atomic mass is 32.1. The average molecular weight is 461 g/mol. The molecule has 4 heterocycles. The summed E-state index contributed by atoms with van der Waals surface area (Å²) in [4.78, 5) is 24.2. The Morgan fingerprint density at radius 1 is 1.21 bits per heavy atom. The van der Waals surface area contributed by atoms with Crippen LogP contribution in [0.15, 0.2) is 45.4 Å². The van der Waals surface area contributed by atoms with Gasteiger partial charge < -0.3 is 20.5 Å². The Balaban J connectivity index is 1.62. The molecule has 1 aromatic carbocycles. The lowest BCUT2D eigenvalue weighted by atomic mass is 9.93. The molecule has 0 unspecified atom stereocenters. The first-order valence-corrected chi connectivity index (χ1v) is 11.4. The number of carbonyl (C=O) groups is 1. The number of pyridine rings is 1. The van der Waals surface area contributed by atoms with Gasteiger partial charge in [-0.05, 0) is 18.6 Å². The van der Waals surface area contributed by atoms with Gasteiger partial charge in [-0.3, -0.25) is 9.79 Å². The number of aliphatic imine (C=N–C) groups is 1. The quantitative estimate of drug-likeness (QED) is 0.430. The molecule has 0 spiro atoms. The van der Waals surface area contributed by atoms with Gasteiger partial charge in [-0.25, -0.2) is 4.98 Å². The SMILES string of the molecule is Cc1ccc2c(Nc3cc(C(C)(C)C)on3)nccc2c1N1CN=Cc2scc(C(N)=O)c21. The molecule has 3 aromatic heterocycles. The molecule has 9 heteroatoms. The van der Waals surface area contributed by atoms with Gasteiger partial charge in [0, 0.05) is 40.0 Å². The number of fused-ring (bicyclic) bond motifs is 2. The van der Waals surface area contributed by atoms with E-state index >= 15 is 0 Å². The van der Waals surface area contributed by atoms with E-state index in [1.807, 2.05) is 31.2 Å². The number of aromatic nitrogens is 2. The first kappa shape index (κ1) is 21.1. The van der Waals surface area contributed by atoms with E-state index in [2.05, 4.69) is 46.1 Å². The molecule has 168 valence electrons. The maximum absolute atomic E-state index is 12.1. The van der Waals surface area contributed by atoms with Crippen molar-refractivity contribution in [1.82, 2.24) is 10.1 Å². The molecule has 33 heavy (non-hydrogen) atoms. The molecular formula is C24H24N6O2S. The van der Waals surface area contributed by atoms with Crippen molar-refractivity contribution in [2.24, 2.45) is 10.7 Å². The highest BCUT2D eigenvalue weighted by Crippen LogP contribution is 2.42. The number of primary amides is 1. The van der Waals surface area contributed by atoms with E-state index < -0.39 is 5.91 Å². The van der Waals surface area contributed by atoms with Gasteiger partial charge >= 0.3 is 0 Å². The molecule has 1 aliphatic rings. The van der Waals surface area contributed by atoms with Crippen molar-refractivity contribution in [2.45, 2.75) is 33.1 Å². The van der Waals surface area contributed by atoms with Crippen molar-refractivity contribution in [3.63, 3.8) is 0 Å². The molecule has 8 nitrogen and oxygen atoms in total. The van der Waals surface area contributed by atoms with E-state index in [0.29, 0.717) is 23.9 Å². The summed E-state index contributed by atoms with van der Waals surface area (Å²) in [7, 11) is 0. The molecule has 3 N–H and O–H groups in total. The Morgan fingerprint density at radius 2 is 2.03 bits per heavy atom. The Morgan fingerprint density at radius 3 is 2.76 bits per heavy atom. The standard InChI is InChI=1S/C24H24N6O2S/c1-13-5-6-15-14(7-8-27-23(15)28-19-9-18(32-29-19)24(2,3)4)20(13)30-12-26-10-17-21(30)16(11-33-17)22(25)31/h5-11H,12H2,1-4H3,(H2,25,31)(H,27,28,29). The summed E-state index contributed by atoms with van der Waals surface area (Å²) >= 11 is 1.46. The van der Waals surface area contributed by atoms with Crippen molar-refractivity contribution >= 4 is 57.2 Å². The molecule has 0 fully saturated rings. The van der Waals surface area contributed by atoms with Crippen molar-refractivity contribution < 1.29 is 9.32 Å². The number of nitrogens with zero attached hydrogens (tertiary/aromatic N) is 4. The molecule has 0 radical (unpaired) electrons. The second-order valence-electron chi connectivity index (χ2n) is 9.04. The van der Waals surface area contributed by atoms with Crippen LogP contribution in [-0.2, 0) is 5.41 Å². The van der Waals surface area contributed by atoms with Crippen LogP contribution in [0.5, 0.6) is 0 Å². The summed E-state index contributed by atoms with van der Waals surface area (Å²) in [5.41, 5.74) is 8.86. The minimum Gasteiger partial charge on any atom is -0.366 e. The van der Waals surface area contributed by atoms with Crippen molar-refractivity contribution in [1.29, 1.82) is 0 Å². The Labute approximate surface area is 195 Å². The van der Waals surface area contributed by atoms with Crippen molar-refractivity contribution in [3.8, 4) is 0 Å². The van der Waals surface area contributed by atoms with Gasteiger partial charge in [-0.15, -0.1) is 11.3 Å². The fourth-order valence-corrected chi connectivity index (χ4v) is 4.92. The highest BCUT2D eigenvalue weighted by molar-refractivity contribution is 7.12. The van der Waals surface area contributed by atoms with Crippen molar-refractivity contribution in [3.05, 3.63) is 57.6 Å². The number of anilines is 4.